The van der Waals surface area contributed by atoms with Crippen molar-refractivity contribution in [1.82, 2.24) is 10.3 Å². The predicted molar refractivity (Wildman–Crippen MR) is 105 cm³/mol. The fourth-order valence-corrected chi connectivity index (χ4v) is 3.74. The first kappa shape index (κ1) is 17.4. The van der Waals surface area contributed by atoms with Gasteiger partial charge < -0.3 is 5.32 Å². The van der Waals surface area contributed by atoms with E-state index in [0.29, 0.717) is 20.7 Å². The van der Waals surface area contributed by atoms with Crippen molar-refractivity contribution in [2.24, 2.45) is 0 Å². The number of fused-ring (bicyclic) bond motifs is 1. The highest BCUT2D eigenvalue weighted by atomic mass is 35.5. The minimum absolute atomic E-state index is 0.103. The van der Waals surface area contributed by atoms with Crippen LogP contribution in [0.1, 0.15) is 10.4 Å². The zero-order chi connectivity index (χ0) is 17.3. The molecule has 0 aliphatic carbocycles. The Morgan fingerprint density at radius 2 is 1.92 bits per heavy atom. The van der Waals surface area contributed by atoms with Crippen LogP contribution in [0, 0.1) is 0 Å². The standard InChI is InChI=1S/C15H8Cl3N3OS2/c16-7-4-5-9(17)8(6-7)13(22)20-14(23)21-15-19-12-10(18)2-1-3-11(12)24-15/h1-6H,(H2,19,20,21,22,23). The molecule has 122 valence electrons. The minimum atomic E-state index is -0.459. The average Bonchev–Trinajstić information content (AvgIpc) is 2.93. The highest BCUT2D eigenvalue weighted by molar-refractivity contribution is 7.80. The van der Waals surface area contributed by atoms with Crippen LogP contribution in [0.4, 0.5) is 5.13 Å². The van der Waals surface area contributed by atoms with E-state index < -0.39 is 5.91 Å². The van der Waals surface area contributed by atoms with E-state index in [2.05, 4.69) is 15.6 Å². The van der Waals surface area contributed by atoms with Crippen LogP contribution in [0.25, 0.3) is 10.2 Å². The number of nitrogens with one attached hydrogen (secondary N) is 2. The number of hydrogen-bond acceptors (Lipinski definition) is 4. The summed E-state index contributed by atoms with van der Waals surface area (Å²) in [5, 5.41) is 7.28. The Balaban J connectivity index is 1.73. The maximum atomic E-state index is 12.2. The minimum Gasteiger partial charge on any atom is -0.308 e. The van der Waals surface area contributed by atoms with E-state index in [-0.39, 0.29) is 15.7 Å². The van der Waals surface area contributed by atoms with Gasteiger partial charge in [0.15, 0.2) is 10.2 Å². The lowest BCUT2D eigenvalue weighted by Gasteiger charge is -2.08. The van der Waals surface area contributed by atoms with Crippen LogP contribution in [0.2, 0.25) is 15.1 Å². The van der Waals surface area contributed by atoms with Crippen LogP contribution in [0.3, 0.4) is 0 Å². The molecule has 0 aliphatic heterocycles. The number of halogens is 3. The lowest BCUT2D eigenvalue weighted by atomic mass is 10.2. The van der Waals surface area contributed by atoms with Gasteiger partial charge in [-0.3, -0.25) is 10.1 Å². The molecule has 1 aromatic heterocycles. The van der Waals surface area contributed by atoms with Crippen molar-refractivity contribution >= 4 is 84.7 Å². The van der Waals surface area contributed by atoms with Gasteiger partial charge in [0, 0.05) is 5.02 Å². The van der Waals surface area contributed by atoms with Crippen molar-refractivity contribution in [3.8, 4) is 0 Å². The van der Waals surface area contributed by atoms with Gasteiger partial charge in [0.2, 0.25) is 0 Å². The molecular weight excluding hydrogens is 409 g/mol. The Labute approximate surface area is 161 Å². The molecule has 1 heterocycles. The largest absolute Gasteiger partial charge is 0.308 e. The molecule has 0 spiro atoms. The third kappa shape index (κ3) is 3.79. The molecule has 0 radical (unpaired) electrons. The molecule has 0 aliphatic rings. The summed E-state index contributed by atoms with van der Waals surface area (Å²) >= 11 is 24.5. The summed E-state index contributed by atoms with van der Waals surface area (Å²) in [7, 11) is 0. The van der Waals surface area contributed by atoms with Crippen LogP contribution in [0.5, 0.6) is 0 Å². The molecule has 0 bridgehead atoms. The van der Waals surface area contributed by atoms with Gasteiger partial charge in [-0.2, -0.15) is 0 Å². The van der Waals surface area contributed by atoms with Crippen LogP contribution < -0.4 is 10.6 Å². The Kier molecular flexibility index (Phi) is 5.22. The van der Waals surface area contributed by atoms with E-state index in [4.69, 9.17) is 47.0 Å². The molecule has 9 heteroatoms. The number of thiazole rings is 1. The van der Waals surface area contributed by atoms with Gasteiger partial charge in [-0.25, -0.2) is 4.98 Å². The molecule has 0 unspecified atom stereocenters. The number of amides is 1. The van der Waals surface area contributed by atoms with Gasteiger partial charge in [0.1, 0.15) is 5.52 Å². The summed E-state index contributed by atoms with van der Waals surface area (Å²) in [6, 6.07) is 10.1. The van der Waals surface area contributed by atoms with Crippen molar-refractivity contribution in [2.45, 2.75) is 0 Å². The van der Waals surface area contributed by atoms with E-state index >= 15 is 0 Å². The van der Waals surface area contributed by atoms with Crippen molar-refractivity contribution in [3.05, 3.63) is 57.0 Å². The second-order valence-electron chi connectivity index (χ2n) is 4.64. The summed E-state index contributed by atoms with van der Waals surface area (Å²) in [4.78, 5) is 16.6. The molecule has 0 saturated heterocycles. The summed E-state index contributed by atoms with van der Waals surface area (Å²) in [6.45, 7) is 0. The summed E-state index contributed by atoms with van der Waals surface area (Å²) in [6.07, 6.45) is 0. The highest BCUT2D eigenvalue weighted by Gasteiger charge is 2.14. The molecule has 0 saturated carbocycles. The SMILES string of the molecule is O=C(NC(=S)Nc1nc2c(Cl)cccc2s1)c1cc(Cl)ccc1Cl. The molecule has 3 aromatic rings. The number of anilines is 1. The molecule has 1 amide bonds. The molecule has 0 atom stereocenters. The Morgan fingerprint density at radius 3 is 2.67 bits per heavy atom. The van der Waals surface area contributed by atoms with Gasteiger partial charge in [-0.15, -0.1) is 0 Å². The highest BCUT2D eigenvalue weighted by Crippen LogP contribution is 2.30. The summed E-state index contributed by atoms with van der Waals surface area (Å²) in [5.74, 6) is -0.459. The number of rotatable bonds is 2. The van der Waals surface area contributed by atoms with Crippen molar-refractivity contribution in [2.75, 3.05) is 5.32 Å². The van der Waals surface area contributed by atoms with Crippen molar-refractivity contribution in [1.29, 1.82) is 0 Å². The quantitative estimate of drug-likeness (QED) is 0.550. The smallest absolute Gasteiger partial charge is 0.258 e. The third-order valence-corrected chi connectivity index (χ3v) is 5.00. The Hall–Kier alpha value is -1.44. The van der Waals surface area contributed by atoms with Gasteiger partial charge in [0.25, 0.3) is 5.91 Å². The number of nitrogens with zero attached hydrogens (tertiary/aromatic N) is 1. The van der Waals surface area contributed by atoms with Gasteiger partial charge >= 0.3 is 0 Å². The Bertz CT molecular complexity index is 958. The molecule has 0 fully saturated rings. The molecule has 2 N–H and O–H groups in total. The number of carbonyl (C=O) groups excluding carboxylic acids is 1. The van der Waals surface area contributed by atoms with Crippen LogP contribution in [0.15, 0.2) is 36.4 Å². The predicted octanol–water partition coefficient (Wildman–Crippen LogP) is 5.38. The summed E-state index contributed by atoms with van der Waals surface area (Å²) < 4.78 is 0.914. The maximum absolute atomic E-state index is 12.2. The molecule has 3 rings (SSSR count). The lowest BCUT2D eigenvalue weighted by Crippen LogP contribution is -2.34. The third-order valence-electron chi connectivity index (χ3n) is 2.99. The Morgan fingerprint density at radius 1 is 1.12 bits per heavy atom. The zero-order valence-electron chi connectivity index (χ0n) is 11.8. The van der Waals surface area contributed by atoms with Crippen LogP contribution in [-0.4, -0.2) is 16.0 Å². The first-order valence-electron chi connectivity index (χ1n) is 6.56. The number of para-hydroxylation sites is 1. The van der Waals surface area contributed by atoms with Crippen LogP contribution in [-0.2, 0) is 0 Å². The zero-order valence-corrected chi connectivity index (χ0v) is 15.7. The van der Waals surface area contributed by atoms with Gasteiger partial charge in [0.05, 0.1) is 20.3 Å². The fraction of sp³-hybridized carbons (Fsp3) is 0. The molecule has 2 aromatic carbocycles. The average molecular weight is 417 g/mol. The normalized spacial score (nSPS) is 10.6. The van der Waals surface area contributed by atoms with Crippen molar-refractivity contribution < 1.29 is 4.79 Å². The second kappa shape index (κ2) is 7.21. The first-order valence-corrected chi connectivity index (χ1v) is 8.92. The topological polar surface area (TPSA) is 54.0 Å². The molecule has 4 nitrogen and oxygen atoms in total. The first-order chi connectivity index (χ1) is 11.4. The monoisotopic (exact) mass is 415 g/mol. The number of carbonyl (C=O) groups is 1. The van der Waals surface area contributed by atoms with Crippen molar-refractivity contribution in [3.63, 3.8) is 0 Å². The second-order valence-corrected chi connectivity index (χ2v) is 7.33. The number of thiocarbonyl (C=S) groups is 1. The van der Waals surface area contributed by atoms with E-state index in [9.17, 15) is 4.79 Å². The fourth-order valence-electron chi connectivity index (χ4n) is 1.94. The van der Waals surface area contributed by atoms with E-state index in [1.807, 2.05) is 12.1 Å². The van der Waals surface area contributed by atoms with E-state index in [1.165, 1.54) is 17.4 Å². The van der Waals surface area contributed by atoms with Gasteiger partial charge in [-0.1, -0.05) is 52.2 Å². The summed E-state index contributed by atoms with van der Waals surface area (Å²) in [5.41, 5.74) is 0.916. The number of hydrogen-bond donors (Lipinski definition) is 2. The number of benzene rings is 2. The number of aromatic nitrogens is 1. The molecule has 24 heavy (non-hydrogen) atoms. The lowest BCUT2D eigenvalue weighted by molar-refractivity contribution is 0.0978. The van der Waals surface area contributed by atoms with E-state index in [0.717, 1.165) is 4.70 Å². The van der Waals surface area contributed by atoms with Gasteiger partial charge in [-0.05, 0) is 42.5 Å². The molecular formula is C15H8Cl3N3OS2. The van der Waals surface area contributed by atoms with E-state index in [1.54, 1.807) is 18.2 Å². The van der Waals surface area contributed by atoms with Crippen LogP contribution >= 0.6 is 58.4 Å². The maximum Gasteiger partial charge on any atom is 0.258 e.